The summed E-state index contributed by atoms with van der Waals surface area (Å²) in [4.78, 5) is 25.7. The minimum Gasteiger partial charge on any atom is -0.339 e. The van der Waals surface area contributed by atoms with E-state index in [1.165, 1.54) is 0 Å². The zero-order valence-corrected chi connectivity index (χ0v) is 10.1. The molecule has 1 saturated heterocycles. The Morgan fingerprint density at radius 3 is 2.61 bits per heavy atom. The third-order valence-corrected chi connectivity index (χ3v) is 3.56. The second-order valence-corrected chi connectivity index (χ2v) is 5.03. The average molecular weight is 244 g/mol. The summed E-state index contributed by atoms with van der Waals surface area (Å²) < 4.78 is 0. The third kappa shape index (κ3) is 2.23. The van der Waals surface area contributed by atoms with Crippen molar-refractivity contribution in [1.82, 2.24) is 4.90 Å². The van der Waals surface area contributed by atoms with Crippen LogP contribution in [0.15, 0.2) is 30.3 Å². The minimum absolute atomic E-state index is 0.0438. The van der Waals surface area contributed by atoms with Crippen LogP contribution in [0.1, 0.15) is 19.3 Å². The molecule has 3 rings (SSSR count). The van der Waals surface area contributed by atoms with Gasteiger partial charge in [0.2, 0.25) is 11.8 Å². The Balaban J connectivity index is 1.62. The van der Waals surface area contributed by atoms with Crippen LogP contribution in [0.5, 0.6) is 0 Å². The molecule has 0 bridgehead atoms. The number of likely N-dealkylation sites (tertiary alicyclic amines) is 1. The number of hydrogen-bond acceptors (Lipinski definition) is 2. The molecule has 1 N–H and O–H groups in total. The van der Waals surface area contributed by atoms with E-state index in [-0.39, 0.29) is 17.7 Å². The van der Waals surface area contributed by atoms with E-state index in [4.69, 9.17) is 0 Å². The number of rotatable bonds is 3. The molecule has 94 valence electrons. The van der Waals surface area contributed by atoms with Crippen LogP contribution in [0, 0.1) is 5.92 Å². The molecule has 1 atom stereocenters. The Hall–Kier alpha value is -1.84. The maximum Gasteiger partial charge on any atom is 0.229 e. The van der Waals surface area contributed by atoms with Gasteiger partial charge in [0, 0.05) is 24.7 Å². The van der Waals surface area contributed by atoms with Crippen molar-refractivity contribution in [1.29, 1.82) is 0 Å². The van der Waals surface area contributed by atoms with Crippen LogP contribution < -0.4 is 5.32 Å². The van der Waals surface area contributed by atoms with Crippen molar-refractivity contribution < 1.29 is 9.59 Å². The fraction of sp³-hybridized carbons (Fsp3) is 0.429. The Morgan fingerprint density at radius 1 is 1.22 bits per heavy atom. The normalized spacial score (nSPS) is 23.2. The smallest absolute Gasteiger partial charge is 0.229 e. The van der Waals surface area contributed by atoms with E-state index in [2.05, 4.69) is 5.32 Å². The zero-order valence-electron chi connectivity index (χ0n) is 10.1. The lowest BCUT2D eigenvalue weighted by Crippen LogP contribution is -2.29. The van der Waals surface area contributed by atoms with Crippen LogP contribution >= 0.6 is 0 Å². The first-order valence-corrected chi connectivity index (χ1v) is 6.39. The van der Waals surface area contributed by atoms with E-state index in [0.29, 0.717) is 19.0 Å². The number of benzene rings is 1. The van der Waals surface area contributed by atoms with Gasteiger partial charge in [0.15, 0.2) is 0 Å². The van der Waals surface area contributed by atoms with E-state index in [1.54, 1.807) is 0 Å². The van der Waals surface area contributed by atoms with Crippen LogP contribution in [0.3, 0.4) is 0 Å². The van der Waals surface area contributed by atoms with Gasteiger partial charge in [-0.15, -0.1) is 0 Å². The predicted octanol–water partition coefficient (Wildman–Crippen LogP) is 1.64. The lowest BCUT2D eigenvalue weighted by atomic mass is 10.1. The molecule has 1 aromatic carbocycles. The number of carbonyl (C=O) groups excluding carboxylic acids is 2. The number of hydrogen-bond donors (Lipinski definition) is 1. The first kappa shape index (κ1) is 11.3. The lowest BCUT2D eigenvalue weighted by Gasteiger charge is -2.15. The Morgan fingerprint density at radius 2 is 1.94 bits per heavy atom. The van der Waals surface area contributed by atoms with Gasteiger partial charge in [-0.25, -0.2) is 0 Å². The van der Waals surface area contributed by atoms with Gasteiger partial charge in [-0.2, -0.15) is 0 Å². The summed E-state index contributed by atoms with van der Waals surface area (Å²) in [5.41, 5.74) is 0.792. The van der Waals surface area contributed by atoms with Crippen molar-refractivity contribution in [3.8, 4) is 0 Å². The topological polar surface area (TPSA) is 49.4 Å². The molecule has 2 aliphatic rings. The van der Waals surface area contributed by atoms with Crippen molar-refractivity contribution >= 4 is 17.5 Å². The fourth-order valence-corrected chi connectivity index (χ4v) is 2.41. The number of nitrogens with zero attached hydrogens (tertiary/aromatic N) is 1. The van der Waals surface area contributed by atoms with E-state index >= 15 is 0 Å². The molecular formula is C14H16N2O2. The highest BCUT2D eigenvalue weighted by Crippen LogP contribution is 2.32. The van der Waals surface area contributed by atoms with Crippen LogP contribution in [0.2, 0.25) is 0 Å². The quantitative estimate of drug-likeness (QED) is 0.878. The maximum atomic E-state index is 12.1. The predicted molar refractivity (Wildman–Crippen MR) is 67.9 cm³/mol. The zero-order chi connectivity index (χ0) is 12.5. The molecule has 1 aliphatic carbocycles. The third-order valence-electron chi connectivity index (χ3n) is 3.56. The van der Waals surface area contributed by atoms with Crippen molar-refractivity contribution in [3.05, 3.63) is 30.3 Å². The molecule has 4 nitrogen and oxygen atoms in total. The molecule has 4 heteroatoms. The van der Waals surface area contributed by atoms with Gasteiger partial charge in [-0.1, -0.05) is 18.2 Å². The molecule has 2 amide bonds. The molecule has 1 heterocycles. The second kappa shape index (κ2) is 4.44. The van der Waals surface area contributed by atoms with Gasteiger partial charge in [-0.3, -0.25) is 9.59 Å². The maximum absolute atomic E-state index is 12.1. The molecule has 2 fully saturated rings. The van der Waals surface area contributed by atoms with Gasteiger partial charge < -0.3 is 10.2 Å². The first-order valence-electron chi connectivity index (χ1n) is 6.39. The van der Waals surface area contributed by atoms with Gasteiger partial charge in [-0.05, 0) is 25.0 Å². The lowest BCUT2D eigenvalue weighted by molar-refractivity contribution is -0.128. The molecule has 0 radical (unpaired) electrons. The summed E-state index contributed by atoms with van der Waals surface area (Å²) in [6.45, 7) is 0.585. The Kier molecular flexibility index (Phi) is 2.78. The average Bonchev–Trinajstić information content (AvgIpc) is 3.14. The second-order valence-electron chi connectivity index (χ2n) is 5.03. The van der Waals surface area contributed by atoms with Gasteiger partial charge in [0.1, 0.15) is 0 Å². The minimum atomic E-state index is -0.196. The summed E-state index contributed by atoms with van der Waals surface area (Å²) >= 11 is 0. The molecule has 18 heavy (non-hydrogen) atoms. The summed E-state index contributed by atoms with van der Waals surface area (Å²) in [6, 6.07) is 9.79. The number of anilines is 1. The van der Waals surface area contributed by atoms with E-state index in [9.17, 15) is 9.59 Å². The molecule has 0 spiro atoms. The highest BCUT2D eigenvalue weighted by atomic mass is 16.2. The van der Waals surface area contributed by atoms with Crippen molar-refractivity contribution in [2.45, 2.75) is 25.3 Å². The van der Waals surface area contributed by atoms with E-state index in [0.717, 1.165) is 18.5 Å². The van der Waals surface area contributed by atoms with E-state index < -0.39 is 0 Å². The molecule has 1 unspecified atom stereocenters. The van der Waals surface area contributed by atoms with Crippen LogP contribution in [-0.4, -0.2) is 29.3 Å². The fourth-order valence-electron chi connectivity index (χ4n) is 2.41. The number of nitrogens with one attached hydrogen (secondary N) is 1. The van der Waals surface area contributed by atoms with Gasteiger partial charge >= 0.3 is 0 Å². The van der Waals surface area contributed by atoms with Gasteiger partial charge in [0.25, 0.3) is 0 Å². The summed E-state index contributed by atoms with van der Waals surface area (Å²) in [5, 5.41) is 2.87. The Bertz CT molecular complexity index is 468. The van der Waals surface area contributed by atoms with Crippen molar-refractivity contribution in [3.63, 3.8) is 0 Å². The van der Waals surface area contributed by atoms with Gasteiger partial charge in [0.05, 0.1) is 5.92 Å². The number of para-hydroxylation sites is 1. The van der Waals surface area contributed by atoms with Crippen molar-refractivity contribution in [2.75, 3.05) is 11.9 Å². The molecule has 1 aliphatic heterocycles. The van der Waals surface area contributed by atoms with Crippen LogP contribution in [0.25, 0.3) is 0 Å². The number of amides is 2. The summed E-state index contributed by atoms with van der Waals surface area (Å²) in [5.74, 6) is -0.110. The molecule has 0 aromatic heterocycles. The summed E-state index contributed by atoms with van der Waals surface area (Å²) in [7, 11) is 0. The Labute approximate surface area is 106 Å². The molecule has 1 saturated carbocycles. The highest BCUT2D eigenvalue weighted by Gasteiger charge is 2.41. The molecular weight excluding hydrogens is 228 g/mol. The standard InChI is InChI=1S/C14H16N2O2/c17-13-8-10(9-16(13)12-6-7-12)14(18)15-11-4-2-1-3-5-11/h1-5,10,12H,6-9H2,(H,15,18). The molecule has 1 aromatic rings. The monoisotopic (exact) mass is 244 g/mol. The first-order chi connectivity index (χ1) is 8.74. The van der Waals surface area contributed by atoms with E-state index in [1.807, 2.05) is 35.2 Å². The SMILES string of the molecule is O=C(Nc1ccccc1)C1CC(=O)N(C2CC2)C1. The largest absolute Gasteiger partial charge is 0.339 e. The van der Waals surface area contributed by atoms with Crippen LogP contribution in [-0.2, 0) is 9.59 Å². The van der Waals surface area contributed by atoms with Crippen molar-refractivity contribution in [2.24, 2.45) is 5.92 Å². The summed E-state index contributed by atoms with van der Waals surface area (Å²) in [6.07, 6.45) is 2.55. The number of carbonyl (C=O) groups is 2. The van der Waals surface area contributed by atoms with Crippen LogP contribution in [0.4, 0.5) is 5.69 Å². The highest BCUT2D eigenvalue weighted by molar-refractivity contribution is 5.97.